The van der Waals surface area contributed by atoms with Gasteiger partial charge in [0.15, 0.2) is 0 Å². The zero-order valence-electron chi connectivity index (χ0n) is 18.8. The third-order valence-electron chi connectivity index (χ3n) is 5.89. The van der Waals surface area contributed by atoms with Crippen LogP contribution in [-0.2, 0) is 17.5 Å². The van der Waals surface area contributed by atoms with Gasteiger partial charge >= 0.3 is 12.1 Å². The lowest BCUT2D eigenvalue weighted by atomic mass is 10.1. The second kappa shape index (κ2) is 8.92. The van der Waals surface area contributed by atoms with Crippen LogP contribution in [0.5, 0.6) is 17.2 Å². The van der Waals surface area contributed by atoms with Gasteiger partial charge in [-0.3, -0.25) is 9.69 Å². The van der Waals surface area contributed by atoms with Crippen molar-refractivity contribution in [2.45, 2.75) is 44.9 Å². The molecule has 0 saturated heterocycles. The number of ether oxygens (including phenoxy) is 3. The molecule has 10 heteroatoms. The summed E-state index contributed by atoms with van der Waals surface area (Å²) in [5.41, 5.74) is -0.494. The zero-order chi connectivity index (χ0) is 24.7. The minimum atomic E-state index is -4.99. The van der Waals surface area contributed by atoms with E-state index in [1.807, 2.05) is 11.8 Å². The summed E-state index contributed by atoms with van der Waals surface area (Å²) in [5.74, 6) is -2.73. The van der Waals surface area contributed by atoms with Gasteiger partial charge in [-0.15, -0.1) is 0 Å². The first-order valence-electron chi connectivity index (χ1n) is 11.3. The van der Waals surface area contributed by atoms with Crippen molar-refractivity contribution in [3.8, 4) is 17.2 Å². The number of rotatable bonds is 6. The van der Waals surface area contributed by atoms with E-state index in [0.717, 1.165) is 12.8 Å². The number of nitrogens with zero attached hydrogens (tertiary/aromatic N) is 1. The van der Waals surface area contributed by atoms with Crippen molar-refractivity contribution in [2.24, 2.45) is 0 Å². The highest BCUT2D eigenvalue weighted by Crippen LogP contribution is 2.42. The molecule has 2 aromatic carbocycles. The van der Waals surface area contributed by atoms with E-state index in [2.05, 4.69) is 0 Å². The van der Waals surface area contributed by atoms with Crippen LogP contribution in [-0.4, -0.2) is 30.2 Å². The minimum Gasteiger partial charge on any atom is -0.478 e. The lowest BCUT2D eigenvalue weighted by Crippen LogP contribution is -2.34. The molecule has 1 aliphatic heterocycles. The fraction of sp³-hybridized carbons (Fsp3) is 0.360. The molecule has 35 heavy (non-hydrogen) atoms. The topological polar surface area (TPSA) is 78.2 Å². The highest BCUT2D eigenvalue weighted by Gasteiger charge is 2.41. The Balaban J connectivity index is 1.54. The SMILES string of the molecule is CCCOC(=O)c1ccc(Oc2c(C(F)(F)F)oc3c4c(ccc3c2=O)OCN(C2CC2)C4)cc1. The summed E-state index contributed by atoms with van der Waals surface area (Å²) in [4.78, 5) is 27.2. The van der Waals surface area contributed by atoms with E-state index in [1.165, 1.54) is 30.3 Å². The van der Waals surface area contributed by atoms with Gasteiger partial charge in [-0.25, -0.2) is 4.79 Å². The third kappa shape index (κ3) is 4.58. The van der Waals surface area contributed by atoms with E-state index >= 15 is 0 Å². The van der Waals surface area contributed by atoms with Gasteiger partial charge in [0.05, 0.1) is 23.1 Å². The van der Waals surface area contributed by atoms with E-state index in [9.17, 15) is 22.8 Å². The Bertz CT molecular complexity index is 1330. The molecule has 1 saturated carbocycles. The van der Waals surface area contributed by atoms with E-state index in [1.54, 1.807) is 6.07 Å². The van der Waals surface area contributed by atoms with Crippen LogP contribution in [0.4, 0.5) is 13.2 Å². The van der Waals surface area contributed by atoms with Crippen LogP contribution >= 0.6 is 0 Å². The van der Waals surface area contributed by atoms with Crippen molar-refractivity contribution in [3.05, 3.63) is 63.5 Å². The number of hydrogen-bond donors (Lipinski definition) is 0. The predicted octanol–water partition coefficient (Wildman–Crippen LogP) is 5.49. The van der Waals surface area contributed by atoms with Crippen LogP contribution in [0.15, 0.2) is 45.6 Å². The van der Waals surface area contributed by atoms with Crippen LogP contribution in [0.3, 0.4) is 0 Å². The molecule has 1 aromatic heterocycles. The van der Waals surface area contributed by atoms with Crippen LogP contribution in [0.2, 0.25) is 0 Å². The van der Waals surface area contributed by atoms with Crippen LogP contribution in [0, 0.1) is 0 Å². The molecule has 0 radical (unpaired) electrons. The largest absolute Gasteiger partial charge is 0.478 e. The highest BCUT2D eigenvalue weighted by molar-refractivity contribution is 5.89. The number of halogens is 3. The van der Waals surface area contributed by atoms with Crippen molar-refractivity contribution < 1.29 is 36.6 Å². The summed E-state index contributed by atoms with van der Waals surface area (Å²) in [6, 6.07) is 8.55. The van der Waals surface area contributed by atoms with Crippen LogP contribution in [0.1, 0.15) is 47.9 Å². The second-order valence-electron chi connectivity index (χ2n) is 8.52. The first-order valence-corrected chi connectivity index (χ1v) is 11.3. The minimum absolute atomic E-state index is 0.0345. The fourth-order valence-corrected chi connectivity index (χ4v) is 3.97. The van der Waals surface area contributed by atoms with Gasteiger partial charge in [0, 0.05) is 12.6 Å². The van der Waals surface area contributed by atoms with E-state index < -0.39 is 29.1 Å². The Morgan fingerprint density at radius 3 is 2.54 bits per heavy atom. The summed E-state index contributed by atoms with van der Waals surface area (Å²) in [7, 11) is 0. The lowest BCUT2D eigenvalue weighted by molar-refractivity contribution is -0.154. The molecular formula is C25H22F3NO6. The van der Waals surface area contributed by atoms with E-state index in [4.69, 9.17) is 18.6 Å². The molecule has 0 amide bonds. The van der Waals surface area contributed by atoms with Crippen molar-refractivity contribution in [1.29, 1.82) is 0 Å². The monoisotopic (exact) mass is 489 g/mol. The first kappa shape index (κ1) is 23.2. The molecule has 1 aliphatic carbocycles. The number of fused-ring (bicyclic) bond motifs is 3. The van der Waals surface area contributed by atoms with Crippen LogP contribution < -0.4 is 14.9 Å². The standard InChI is InChI=1S/C25H22F3NO6/c1-2-11-32-24(31)14-3-7-16(8-4-14)34-22-20(30)17-9-10-19-18(12-29(13-33-19)15-5-6-15)21(17)35-23(22)25(26,27)28/h3-4,7-10,15H,2,5-6,11-13H2,1H3. The summed E-state index contributed by atoms with van der Waals surface area (Å²) < 4.78 is 63.4. The molecule has 0 spiro atoms. The number of carbonyl (C=O) groups excluding carboxylic acids is 1. The number of carbonyl (C=O) groups is 1. The Morgan fingerprint density at radius 1 is 1.14 bits per heavy atom. The average molecular weight is 489 g/mol. The average Bonchev–Trinajstić information content (AvgIpc) is 3.69. The van der Waals surface area contributed by atoms with E-state index in [-0.39, 0.29) is 28.9 Å². The summed E-state index contributed by atoms with van der Waals surface area (Å²) >= 11 is 0. The quantitative estimate of drug-likeness (QED) is 0.424. The predicted molar refractivity (Wildman–Crippen MR) is 119 cm³/mol. The summed E-state index contributed by atoms with van der Waals surface area (Å²) in [5, 5.41) is -0.0345. The Kier molecular flexibility index (Phi) is 5.92. The number of alkyl halides is 3. The Morgan fingerprint density at radius 2 is 1.89 bits per heavy atom. The summed E-state index contributed by atoms with van der Waals surface area (Å²) in [6.45, 7) is 2.76. The maximum absolute atomic E-state index is 14.0. The van der Waals surface area contributed by atoms with Gasteiger partial charge in [0.25, 0.3) is 5.76 Å². The molecule has 7 nitrogen and oxygen atoms in total. The number of benzene rings is 2. The molecule has 0 unspecified atom stereocenters. The van der Waals surface area contributed by atoms with Crippen LogP contribution in [0.25, 0.3) is 11.0 Å². The summed E-state index contributed by atoms with van der Waals surface area (Å²) in [6.07, 6.45) is -2.34. The van der Waals surface area contributed by atoms with Crippen molar-refractivity contribution in [3.63, 3.8) is 0 Å². The Labute approximate surface area is 198 Å². The second-order valence-corrected chi connectivity index (χ2v) is 8.52. The number of hydrogen-bond acceptors (Lipinski definition) is 7. The normalized spacial score (nSPS) is 16.0. The van der Waals surface area contributed by atoms with Gasteiger partial charge < -0.3 is 18.6 Å². The Hall–Kier alpha value is -3.53. The zero-order valence-corrected chi connectivity index (χ0v) is 18.8. The smallest absolute Gasteiger partial charge is 0.453 e. The molecule has 0 atom stereocenters. The van der Waals surface area contributed by atoms with Gasteiger partial charge in [0.1, 0.15) is 23.8 Å². The highest BCUT2D eigenvalue weighted by atomic mass is 19.4. The third-order valence-corrected chi connectivity index (χ3v) is 5.89. The molecular weight excluding hydrogens is 467 g/mol. The van der Waals surface area contributed by atoms with Gasteiger partial charge in [-0.1, -0.05) is 6.92 Å². The molecule has 2 aliphatic rings. The number of esters is 1. The fourth-order valence-electron chi connectivity index (χ4n) is 3.97. The lowest BCUT2D eigenvalue weighted by Gasteiger charge is -2.29. The molecule has 5 rings (SSSR count). The molecule has 0 bridgehead atoms. The van der Waals surface area contributed by atoms with Gasteiger partial charge in [-0.2, -0.15) is 13.2 Å². The molecule has 3 aromatic rings. The molecule has 184 valence electrons. The molecule has 1 fully saturated rings. The maximum Gasteiger partial charge on any atom is 0.453 e. The maximum atomic E-state index is 14.0. The van der Waals surface area contributed by atoms with Crippen molar-refractivity contribution in [2.75, 3.05) is 13.3 Å². The van der Waals surface area contributed by atoms with Gasteiger partial charge in [0.2, 0.25) is 11.2 Å². The first-order chi connectivity index (χ1) is 16.8. The van der Waals surface area contributed by atoms with Crippen molar-refractivity contribution >= 4 is 16.9 Å². The molecule has 2 heterocycles. The van der Waals surface area contributed by atoms with Crippen molar-refractivity contribution in [1.82, 2.24) is 4.90 Å². The molecule has 0 N–H and O–H groups in total. The van der Waals surface area contributed by atoms with Gasteiger partial charge in [-0.05, 0) is 55.7 Å². The van der Waals surface area contributed by atoms with E-state index in [0.29, 0.717) is 37.1 Å².